The summed E-state index contributed by atoms with van der Waals surface area (Å²) in [5, 5.41) is 3.88. The van der Waals surface area contributed by atoms with Crippen LogP contribution in [0.4, 0.5) is 0 Å². The summed E-state index contributed by atoms with van der Waals surface area (Å²) in [6.45, 7) is 2.48. The number of hydrogen-bond acceptors (Lipinski definition) is 2. The van der Waals surface area contributed by atoms with Crippen molar-refractivity contribution in [2.75, 3.05) is 0 Å². The summed E-state index contributed by atoms with van der Waals surface area (Å²) in [6, 6.07) is 37.9. The van der Waals surface area contributed by atoms with Crippen LogP contribution in [0.25, 0.3) is 33.5 Å². The molecule has 1 N–H and O–H groups in total. The lowest BCUT2D eigenvalue weighted by Gasteiger charge is -2.49. The Morgan fingerprint density at radius 3 is 2.08 bits per heavy atom. The SMILES string of the molecule is CC1CC=C(c2cccc(-c3cc(C4=CCC(c5ccccc5)N=C(/C5=C\CCC=CC=C5)N4)cc(-c4ccccc4)c3)c2)C=C2C3C=CC=CC3C3C=CC=CC3C21. The fourth-order valence-electron chi connectivity index (χ4n) is 10.4. The van der Waals surface area contributed by atoms with Crippen molar-refractivity contribution in [2.24, 2.45) is 40.5 Å². The Bertz CT molecular complexity index is 2560. The zero-order chi connectivity index (χ0) is 39.5. The van der Waals surface area contributed by atoms with Crippen LogP contribution in [0.3, 0.4) is 0 Å². The van der Waals surface area contributed by atoms with E-state index in [0.29, 0.717) is 35.5 Å². The van der Waals surface area contributed by atoms with Gasteiger partial charge in [-0.15, -0.1) is 0 Å². The van der Waals surface area contributed by atoms with E-state index in [-0.39, 0.29) is 6.04 Å². The monoisotopic (exact) mass is 764 g/mol. The van der Waals surface area contributed by atoms with Gasteiger partial charge in [0, 0.05) is 17.2 Å². The molecule has 1 aliphatic heterocycles. The Kier molecular flexibility index (Phi) is 10.4. The van der Waals surface area contributed by atoms with E-state index in [0.717, 1.165) is 48.4 Å². The van der Waals surface area contributed by atoms with E-state index in [1.54, 1.807) is 5.57 Å². The van der Waals surface area contributed by atoms with Gasteiger partial charge in [-0.25, -0.2) is 0 Å². The third kappa shape index (κ3) is 7.61. The van der Waals surface area contributed by atoms with Crippen LogP contribution in [0, 0.1) is 35.5 Å². The van der Waals surface area contributed by atoms with Gasteiger partial charge in [0.05, 0.1) is 6.04 Å². The van der Waals surface area contributed by atoms with Crippen molar-refractivity contribution in [1.29, 1.82) is 0 Å². The number of hydrogen-bond donors (Lipinski definition) is 1. The zero-order valence-electron chi connectivity index (χ0n) is 33.9. The number of rotatable bonds is 6. The average molecular weight is 765 g/mol. The molecule has 0 aromatic heterocycles. The molecule has 1 heterocycles. The van der Waals surface area contributed by atoms with Crippen LogP contribution >= 0.6 is 0 Å². The van der Waals surface area contributed by atoms with Gasteiger partial charge < -0.3 is 5.32 Å². The first-order valence-corrected chi connectivity index (χ1v) is 21.7. The van der Waals surface area contributed by atoms with Crippen molar-refractivity contribution < 1.29 is 0 Å². The predicted molar refractivity (Wildman–Crippen MR) is 249 cm³/mol. The molecule has 1 saturated carbocycles. The highest BCUT2D eigenvalue weighted by atomic mass is 15.0. The minimum Gasteiger partial charge on any atom is -0.340 e. The fourth-order valence-corrected chi connectivity index (χ4v) is 10.4. The van der Waals surface area contributed by atoms with Crippen LogP contribution in [0.2, 0.25) is 0 Å². The molecule has 2 nitrogen and oxygen atoms in total. The van der Waals surface area contributed by atoms with Gasteiger partial charge in [0.1, 0.15) is 5.84 Å². The summed E-state index contributed by atoms with van der Waals surface area (Å²) in [5.41, 5.74) is 13.7. The van der Waals surface area contributed by atoms with Crippen molar-refractivity contribution in [1.82, 2.24) is 5.32 Å². The van der Waals surface area contributed by atoms with Crippen molar-refractivity contribution in [3.8, 4) is 22.3 Å². The highest BCUT2D eigenvalue weighted by Gasteiger charge is 2.46. The van der Waals surface area contributed by atoms with Crippen LogP contribution in [-0.2, 0) is 0 Å². The Morgan fingerprint density at radius 1 is 0.542 bits per heavy atom. The number of allylic oxidation sites excluding steroid dienone is 16. The summed E-state index contributed by atoms with van der Waals surface area (Å²) < 4.78 is 0. The van der Waals surface area contributed by atoms with E-state index in [2.05, 4.69) is 213 Å². The van der Waals surface area contributed by atoms with Crippen molar-refractivity contribution in [2.45, 2.75) is 38.6 Å². The van der Waals surface area contributed by atoms with Gasteiger partial charge in [0.25, 0.3) is 0 Å². The zero-order valence-corrected chi connectivity index (χ0v) is 33.9. The standard InChI is InChI=1S/C57H52N2/c1-39-30-31-45(38-53-51-28-14-13-26-49(51)50-27-15-16-29-52(50)56(39)53)43-24-17-25-44(34-43)47-35-46(40-18-9-5-10-19-40)36-48(37-47)55-33-32-54(41-20-11-6-12-21-41)58-57(59-55)42-22-7-3-2-4-8-23-42/h2-3,5-7,9-29,31,33-39,49-52,54,56H,4,8,30,32H2,1H3,(H,58,59)/b3-2?,22-7?,42-23-. The van der Waals surface area contributed by atoms with E-state index in [1.165, 1.54) is 39.0 Å². The maximum Gasteiger partial charge on any atom is 0.133 e. The molecule has 4 aromatic carbocycles. The number of amidine groups is 1. The second-order valence-corrected chi connectivity index (χ2v) is 17.0. The highest BCUT2D eigenvalue weighted by Crippen LogP contribution is 2.54. The molecular formula is C57H52N2. The minimum absolute atomic E-state index is 0.0141. The molecule has 6 aliphatic rings. The lowest BCUT2D eigenvalue weighted by atomic mass is 9.55. The highest BCUT2D eigenvalue weighted by molar-refractivity contribution is 6.06. The lowest BCUT2D eigenvalue weighted by molar-refractivity contribution is 0.165. The van der Waals surface area contributed by atoms with Gasteiger partial charge in [-0.05, 0) is 124 Å². The Morgan fingerprint density at radius 2 is 1.24 bits per heavy atom. The van der Waals surface area contributed by atoms with Crippen molar-refractivity contribution in [3.05, 3.63) is 228 Å². The topological polar surface area (TPSA) is 24.4 Å². The third-order valence-corrected chi connectivity index (χ3v) is 13.3. The smallest absolute Gasteiger partial charge is 0.133 e. The number of benzene rings is 4. The molecule has 0 bridgehead atoms. The number of nitrogens with one attached hydrogen (secondary N) is 1. The summed E-state index contributed by atoms with van der Waals surface area (Å²) in [4.78, 5) is 5.41. The summed E-state index contributed by atoms with van der Waals surface area (Å²) in [5.74, 6) is 4.04. The van der Waals surface area contributed by atoms with Gasteiger partial charge in [0.15, 0.2) is 0 Å². The molecular weight excluding hydrogens is 713 g/mol. The molecule has 10 rings (SSSR count). The van der Waals surface area contributed by atoms with E-state index < -0.39 is 0 Å². The molecule has 290 valence electrons. The van der Waals surface area contributed by atoms with Crippen LogP contribution in [0.1, 0.15) is 55.3 Å². The normalized spacial score (nSPS) is 27.7. The molecule has 5 aliphatic carbocycles. The van der Waals surface area contributed by atoms with Gasteiger partial charge in [-0.1, -0.05) is 189 Å². The average Bonchev–Trinajstić information content (AvgIpc) is 3.62. The van der Waals surface area contributed by atoms with Gasteiger partial charge in [-0.3, -0.25) is 4.99 Å². The van der Waals surface area contributed by atoms with Crippen LogP contribution < -0.4 is 5.32 Å². The van der Waals surface area contributed by atoms with E-state index >= 15 is 0 Å². The summed E-state index contributed by atoms with van der Waals surface area (Å²) in [7, 11) is 0. The molecule has 0 radical (unpaired) electrons. The van der Waals surface area contributed by atoms with Gasteiger partial charge in [0.2, 0.25) is 0 Å². The molecule has 0 spiro atoms. The molecule has 2 heteroatoms. The van der Waals surface area contributed by atoms with Gasteiger partial charge in [-0.2, -0.15) is 0 Å². The molecule has 7 atom stereocenters. The van der Waals surface area contributed by atoms with E-state index in [9.17, 15) is 0 Å². The van der Waals surface area contributed by atoms with Crippen LogP contribution in [0.15, 0.2) is 216 Å². The number of aliphatic imine (C=N–C) groups is 1. The third-order valence-electron chi connectivity index (χ3n) is 13.3. The predicted octanol–water partition coefficient (Wildman–Crippen LogP) is 14.0. The second kappa shape index (κ2) is 16.5. The maximum atomic E-state index is 5.41. The Balaban J connectivity index is 1.05. The van der Waals surface area contributed by atoms with Crippen molar-refractivity contribution in [3.63, 3.8) is 0 Å². The molecule has 0 amide bonds. The molecule has 0 saturated heterocycles. The number of nitrogens with zero attached hydrogens (tertiary/aromatic N) is 1. The number of fused-ring (bicyclic) bond motifs is 6. The molecule has 7 unspecified atom stereocenters. The van der Waals surface area contributed by atoms with Crippen molar-refractivity contribution >= 4 is 17.1 Å². The first kappa shape index (κ1) is 37.0. The molecule has 59 heavy (non-hydrogen) atoms. The largest absolute Gasteiger partial charge is 0.340 e. The van der Waals surface area contributed by atoms with Gasteiger partial charge >= 0.3 is 0 Å². The van der Waals surface area contributed by atoms with Crippen LogP contribution in [-0.4, -0.2) is 5.84 Å². The molecule has 1 fully saturated rings. The van der Waals surface area contributed by atoms with E-state index in [1.807, 2.05) is 0 Å². The lowest BCUT2D eigenvalue weighted by Crippen LogP contribution is -2.42. The Hall–Kier alpha value is -6.25. The first-order chi connectivity index (χ1) is 29.2. The second-order valence-electron chi connectivity index (χ2n) is 17.0. The van der Waals surface area contributed by atoms with Crippen LogP contribution in [0.5, 0.6) is 0 Å². The Labute approximate surface area is 350 Å². The molecule has 4 aromatic rings. The minimum atomic E-state index is 0.0141. The van der Waals surface area contributed by atoms with E-state index in [4.69, 9.17) is 4.99 Å². The quantitative estimate of drug-likeness (QED) is 0.208. The fraction of sp³-hybridized carbons (Fsp3) is 0.211. The first-order valence-electron chi connectivity index (χ1n) is 21.7. The summed E-state index contributed by atoms with van der Waals surface area (Å²) >= 11 is 0. The summed E-state index contributed by atoms with van der Waals surface area (Å²) in [6.07, 6.45) is 41.4. The maximum absolute atomic E-state index is 5.41.